The second-order valence-corrected chi connectivity index (χ2v) is 6.51. The Balaban J connectivity index is 1.78. The van der Waals surface area contributed by atoms with Crippen LogP contribution in [0.1, 0.15) is 17.3 Å². The van der Waals surface area contributed by atoms with Crippen LogP contribution in [0.3, 0.4) is 0 Å². The van der Waals surface area contributed by atoms with Crippen molar-refractivity contribution >= 4 is 23.4 Å². The van der Waals surface area contributed by atoms with Crippen LogP contribution in [0.5, 0.6) is 17.2 Å². The molecule has 4 nitrogen and oxygen atoms in total. The molecule has 0 aliphatic carbocycles. The molecule has 3 aromatic rings. The average molecular weight is 379 g/mol. The zero-order chi connectivity index (χ0) is 19.1. The second-order valence-electron chi connectivity index (χ2n) is 5.66. The maximum Gasteiger partial charge on any atom is 0.256 e. The highest BCUT2D eigenvalue weighted by atomic mass is 32.2. The number of carbonyl (C=O) groups is 1. The van der Waals surface area contributed by atoms with Crippen molar-refractivity contribution in [2.45, 2.75) is 11.8 Å². The van der Waals surface area contributed by atoms with Gasteiger partial charge in [0.25, 0.3) is 5.91 Å². The van der Waals surface area contributed by atoms with Gasteiger partial charge in [0.15, 0.2) is 5.75 Å². The SMILES string of the molecule is CCOc1ccc(Oc2ccccc2NC(=O)c2ccccc2SC)cc1. The number of rotatable bonds is 7. The first kappa shape index (κ1) is 18.9. The van der Waals surface area contributed by atoms with Gasteiger partial charge in [-0.05, 0) is 61.7 Å². The van der Waals surface area contributed by atoms with Crippen LogP contribution < -0.4 is 14.8 Å². The molecule has 138 valence electrons. The summed E-state index contributed by atoms with van der Waals surface area (Å²) in [5.41, 5.74) is 1.26. The molecule has 1 amide bonds. The van der Waals surface area contributed by atoms with Crippen LogP contribution in [-0.4, -0.2) is 18.8 Å². The van der Waals surface area contributed by atoms with Gasteiger partial charge in [-0.15, -0.1) is 11.8 Å². The Hall–Kier alpha value is -2.92. The van der Waals surface area contributed by atoms with E-state index in [1.54, 1.807) is 11.8 Å². The third kappa shape index (κ3) is 4.83. The summed E-state index contributed by atoms with van der Waals surface area (Å²) in [7, 11) is 0. The molecular formula is C22H21NO3S. The van der Waals surface area contributed by atoms with E-state index in [1.807, 2.05) is 86.0 Å². The van der Waals surface area contributed by atoms with Crippen LogP contribution in [0, 0.1) is 0 Å². The lowest BCUT2D eigenvalue weighted by atomic mass is 10.2. The molecule has 0 radical (unpaired) electrons. The van der Waals surface area contributed by atoms with Crippen molar-refractivity contribution in [2.24, 2.45) is 0 Å². The van der Waals surface area contributed by atoms with E-state index in [2.05, 4.69) is 5.32 Å². The Morgan fingerprint density at radius 2 is 1.59 bits per heavy atom. The predicted molar refractivity (Wildman–Crippen MR) is 110 cm³/mol. The number of para-hydroxylation sites is 2. The summed E-state index contributed by atoms with van der Waals surface area (Å²) in [5.74, 6) is 1.88. The van der Waals surface area contributed by atoms with Gasteiger partial charge in [0.1, 0.15) is 11.5 Å². The van der Waals surface area contributed by atoms with Gasteiger partial charge >= 0.3 is 0 Å². The number of hydrogen-bond acceptors (Lipinski definition) is 4. The number of hydrogen-bond donors (Lipinski definition) is 1. The molecular weight excluding hydrogens is 358 g/mol. The summed E-state index contributed by atoms with van der Waals surface area (Å²) < 4.78 is 11.4. The van der Waals surface area contributed by atoms with Crippen molar-refractivity contribution in [1.82, 2.24) is 0 Å². The normalized spacial score (nSPS) is 10.3. The highest BCUT2D eigenvalue weighted by Gasteiger charge is 2.13. The number of carbonyl (C=O) groups excluding carboxylic acids is 1. The summed E-state index contributed by atoms with van der Waals surface area (Å²) >= 11 is 1.54. The molecule has 27 heavy (non-hydrogen) atoms. The standard InChI is InChI=1S/C22H21NO3S/c1-3-25-16-12-14-17(15-13-16)26-20-10-6-5-9-19(20)23-22(24)18-8-4-7-11-21(18)27-2/h4-15H,3H2,1-2H3,(H,23,24). The van der Waals surface area contributed by atoms with Crippen LogP contribution in [0.4, 0.5) is 5.69 Å². The highest BCUT2D eigenvalue weighted by molar-refractivity contribution is 7.98. The fourth-order valence-corrected chi connectivity index (χ4v) is 3.17. The molecule has 0 aliphatic heterocycles. The number of nitrogens with one attached hydrogen (secondary N) is 1. The van der Waals surface area contributed by atoms with Crippen molar-refractivity contribution in [3.8, 4) is 17.2 Å². The third-order valence-electron chi connectivity index (χ3n) is 3.85. The first-order chi connectivity index (χ1) is 13.2. The van der Waals surface area contributed by atoms with Gasteiger partial charge in [-0.2, -0.15) is 0 Å². The molecule has 0 saturated heterocycles. The van der Waals surface area contributed by atoms with Gasteiger partial charge in [0, 0.05) is 4.90 Å². The molecule has 0 unspecified atom stereocenters. The van der Waals surface area contributed by atoms with Gasteiger partial charge in [0.05, 0.1) is 17.9 Å². The summed E-state index contributed by atoms with van der Waals surface area (Å²) in [6, 6.07) is 22.3. The van der Waals surface area contributed by atoms with Gasteiger partial charge in [0.2, 0.25) is 0 Å². The molecule has 3 rings (SSSR count). The zero-order valence-corrected chi connectivity index (χ0v) is 16.1. The monoisotopic (exact) mass is 379 g/mol. The number of amides is 1. The van der Waals surface area contributed by atoms with Crippen LogP contribution in [0.15, 0.2) is 77.7 Å². The minimum absolute atomic E-state index is 0.164. The van der Waals surface area contributed by atoms with Gasteiger partial charge in [-0.25, -0.2) is 0 Å². The van der Waals surface area contributed by atoms with E-state index in [4.69, 9.17) is 9.47 Å². The van der Waals surface area contributed by atoms with Crippen molar-refractivity contribution < 1.29 is 14.3 Å². The Morgan fingerprint density at radius 1 is 0.926 bits per heavy atom. The molecule has 0 saturated carbocycles. The molecule has 0 bridgehead atoms. The Morgan fingerprint density at radius 3 is 2.33 bits per heavy atom. The second kappa shape index (κ2) is 9.14. The highest BCUT2D eigenvalue weighted by Crippen LogP contribution is 2.31. The lowest BCUT2D eigenvalue weighted by Crippen LogP contribution is -2.13. The van der Waals surface area contributed by atoms with Crippen LogP contribution in [-0.2, 0) is 0 Å². The molecule has 3 aromatic carbocycles. The smallest absolute Gasteiger partial charge is 0.256 e. The number of thioether (sulfide) groups is 1. The molecule has 0 aromatic heterocycles. The number of benzene rings is 3. The van der Waals surface area contributed by atoms with E-state index in [9.17, 15) is 4.79 Å². The Kier molecular flexibility index (Phi) is 6.39. The summed E-state index contributed by atoms with van der Waals surface area (Å²) in [5, 5.41) is 2.95. The maximum atomic E-state index is 12.7. The number of ether oxygens (including phenoxy) is 2. The lowest BCUT2D eigenvalue weighted by molar-refractivity contribution is 0.102. The van der Waals surface area contributed by atoms with Gasteiger partial charge < -0.3 is 14.8 Å². The van der Waals surface area contributed by atoms with E-state index in [1.165, 1.54) is 0 Å². The summed E-state index contributed by atoms with van der Waals surface area (Å²) in [6.45, 7) is 2.56. The van der Waals surface area contributed by atoms with E-state index in [-0.39, 0.29) is 5.91 Å². The predicted octanol–water partition coefficient (Wildman–Crippen LogP) is 5.85. The first-order valence-electron chi connectivity index (χ1n) is 8.65. The maximum absolute atomic E-state index is 12.7. The molecule has 0 aliphatic rings. The van der Waals surface area contributed by atoms with Crippen LogP contribution >= 0.6 is 11.8 Å². The minimum Gasteiger partial charge on any atom is -0.494 e. The zero-order valence-electron chi connectivity index (χ0n) is 15.3. The van der Waals surface area contributed by atoms with E-state index in [0.29, 0.717) is 29.4 Å². The average Bonchev–Trinajstić information content (AvgIpc) is 2.71. The quantitative estimate of drug-likeness (QED) is 0.523. The van der Waals surface area contributed by atoms with E-state index >= 15 is 0 Å². The van der Waals surface area contributed by atoms with Gasteiger partial charge in [-0.3, -0.25) is 4.79 Å². The van der Waals surface area contributed by atoms with Crippen LogP contribution in [0.2, 0.25) is 0 Å². The van der Waals surface area contributed by atoms with Crippen molar-refractivity contribution in [3.63, 3.8) is 0 Å². The van der Waals surface area contributed by atoms with Crippen molar-refractivity contribution in [1.29, 1.82) is 0 Å². The van der Waals surface area contributed by atoms with E-state index in [0.717, 1.165) is 10.6 Å². The van der Waals surface area contributed by atoms with Gasteiger partial charge in [-0.1, -0.05) is 24.3 Å². The first-order valence-corrected chi connectivity index (χ1v) is 9.88. The fourth-order valence-electron chi connectivity index (χ4n) is 2.58. The molecule has 5 heteroatoms. The van der Waals surface area contributed by atoms with Crippen LogP contribution in [0.25, 0.3) is 0 Å². The molecule has 0 spiro atoms. The molecule has 0 heterocycles. The molecule has 1 N–H and O–H groups in total. The Labute approximate surface area is 163 Å². The fraction of sp³-hybridized carbons (Fsp3) is 0.136. The summed E-state index contributed by atoms with van der Waals surface area (Å²) in [6.07, 6.45) is 1.95. The number of anilines is 1. The molecule has 0 fully saturated rings. The Bertz CT molecular complexity index is 909. The largest absolute Gasteiger partial charge is 0.494 e. The molecule has 0 atom stereocenters. The topological polar surface area (TPSA) is 47.6 Å². The van der Waals surface area contributed by atoms with Crippen molar-refractivity contribution in [3.05, 3.63) is 78.4 Å². The summed E-state index contributed by atoms with van der Waals surface area (Å²) in [4.78, 5) is 13.6. The van der Waals surface area contributed by atoms with Crippen molar-refractivity contribution in [2.75, 3.05) is 18.2 Å². The minimum atomic E-state index is -0.164. The third-order valence-corrected chi connectivity index (χ3v) is 4.65. The lowest BCUT2D eigenvalue weighted by Gasteiger charge is -2.13. The van der Waals surface area contributed by atoms with E-state index < -0.39 is 0 Å².